The number of carbonyl (C=O) groups is 2. The predicted octanol–water partition coefficient (Wildman–Crippen LogP) is 3.94. The largest absolute Gasteiger partial charge is 0.447 e. The van der Waals surface area contributed by atoms with Gasteiger partial charge in [-0.2, -0.15) is 0 Å². The van der Waals surface area contributed by atoms with E-state index in [1.165, 1.54) is 5.69 Å². The van der Waals surface area contributed by atoms with Gasteiger partial charge in [0, 0.05) is 42.1 Å². The highest BCUT2D eigenvalue weighted by atomic mass is 79.9. The number of aliphatic hydroxyl groups is 1. The van der Waals surface area contributed by atoms with Crippen LogP contribution in [0, 0.1) is 0 Å². The third-order valence-electron chi connectivity index (χ3n) is 7.34. The molecule has 2 aromatic rings. The number of hydrogen-bond donors (Lipinski definition) is 1. The van der Waals surface area contributed by atoms with E-state index in [0.29, 0.717) is 19.6 Å². The Morgan fingerprint density at radius 1 is 1.23 bits per heavy atom. The molecule has 0 unspecified atom stereocenters. The molecule has 1 aromatic heterocycles. The molecular weight excluding hydrogens is 512 g/mol. The number of anilines is 1. The van der Waals surface area contributed by atoms with Gasteiger partial charge in [-0.3, -0.25) is 4.79 Å². The van der Waals surface area contributed by atoms with Gasteiger partial charge in [0.05, 0.1) is 18.3 Å². The van der Waals surface area contributed by atoms with Gasteiger partial charge in [0.2, 0.25) is 5.91 Å². The molecule has 0 saturated carbocycles. The summed E-state index contributed by atoms with van der Waals surface area (Å²) in [4.78, 5) is 34.9. The summed E-state index contributed by atoms with van der Waals surface area (Å²) in [6, 6.07) is 5.96. The van der Waals surface area contributed by atoms with Crippen LogP contribution >= 0.6 is 15.9 Å². The Morgan fingerprint density at radius 2 is 2.00 bits per heavy atom. The second-order valence-electron chi connectivity index (χ2n) is 10.1. The second-order valence-corrected chi connectivity index (χ2v) is 11.1. The van der Waals surface area contributed by atoms with Crippen LogP contribution in [0.3, 0.4) is 0 Å². The van der Waals surface area contributed by atoms with Gasteiger partial charge in [0.1, 0.15) is 11.2 Å². The molecule has 1 N–H and O–H groups in total. The standard InChI is InChI=1S/C26H33BrN4O4/c1-17(2)35-25(34)29-15-26(16-29)19-13-18(27)9-10-21(19)31(24(26)33)14-23-28-20-7-3-4-8-22(20)30(23)11-5-6-12-32/h9-10,13,17,32H,3-8,11-12,14-16H2,1-2H3. The Bertz CT molecular complexity index is 1140. The Morgan fingerprint density at radius 3 is 2.74 bits per heavy atom. The first kappa shape index (κ1) is 24.3. The number of aromatic nitrogens is 2. The molecular formula is C26H33BrN4O4. The molecule has 1 aliphatic carbocycles. The van der Waals surface area contributed by atoms with E-state index in [2.05, 4.69) is 20.5 Å². The first-order chi connectivity index (χ1) is 16.8. The van der Waals surface area contributed by atoms with Crippen LogP contribution in [-0.4, -0.2) is 57.4 Å². The molecule has 1 saturated heterocycles. The molecule has 8 nitrogen and oxygen atoms in total. The van der Waals surface area contributed by atoms with Gasteiger partial charge in [0.25, 0.3) is 0 Å². The second kappa shape index (κ2) is 9.58. The van der Waals surface area contributed by atoms with E-state index in [9.17, 15) is 14.7 Å². The highest BCUT2D eigenvalue weighted by molar-refractivity contribution is 9.10. The number of likely N-dealkylation sites (tertiary alicyclic amines) is 1. The van der Waals surface area contributed by atoms with Crippen LogP contribution in [0.1, 0.15) is 62.3 Å². The minimum Gasteiger partial charge on any atom is -0.447 e. The van der Waals surface area contributed by atoms with Crippen molar-refractivity contribution in [2.24, 2.45) is 0 Å². The predicted molar refractivity (Wildman–Crippen MR) is 135 cm³/mol. The molecule has 2 amide bonds. The quantitative estimate of drug-likeness (QED) is 0.533. The van der Waals surface area contributed by atoms with Crippen LogP contribution in [0.4, 0.5) is 10.5 Å². The molecule has 3 heterocycles. The van der Waals surface area contributed by atoms with Gasteiger partial charge in [-0.25, -0.2) is 9.78 Å². The third kappa shape index (κ3) is 4.27. The normalized spacial score (nSPS) is 18.1. The van der Waals surface area contributed by atoms with Crippen molar-refractivity contribution < 1.29 is 19.4 Å². The molecule has 3 aliphatic rings. The van der Waals surface area contributed by atoms with Gasteiger partial charge in [-0.05, 0) is 76.1 Å². The number of aryl methyl sites for hydroxylation is 1. The molecule has 1 spiro atoms. The van der Waals surface area contributed by atoms with Crippen LogP contribution in [0.2, 0.25) is 0 Å². The Balaban J connectivity index is 1.45. The van der Waals surface area contributed by atoms with Gasteiger partial charge in [-0.15, -0.1) is 0 Å². The molecule has 0 bridgehead atoms. The lowest BCUT2D eigenvalue weighted by Crippen LogP contribution is -2.65. The Labute approximate surface area is 214 Å². The lowest BCUT2D eigenvalue weighted by Gasteiger charge is -2.46. The van der Waals surface area contributed by atoms with E-state index in [1.54, 1.807) is 4.90 Å². The third-order valence-corrected chi connectivity index (χ3v) is 7.83. The summed E-state index contributed by atoms with van der Waals surface area (Å²) in [6.45, 7) is 5.66. The number of nitrogens with zero attached hydrogens (tertiary/aromatic N) is 4. The van der Waals surface area contributed by atoms with Crippen LogP contribution in [0.25, 0.3) is 0 Å². The molecule has 0 atom stereocenters. The van der Waals surface area contributed by atoms with Crippen molar-refractivity contribution in [3.05, 3.63) is 45.4 Å². The minimum absolute atomic E-state index is 0.0158. The maximum absolute atomic E-state index is 13.9. The number of unbranched alkanes of at least 4 members (excludes halogenated alkanes) is 1. The lowest BCUT2D eigenvalue weighted by atomic mass is 9.75. The van der Waals surface area contributed by atoms with E-state index in [1.807, 2.05) is 36.9 Å². The molecule has 35 heavy (non-hydrogen) atoms. The van der Waals surface area contributed by atoms with Crippen LogP contribution in [-0.2, 0) is 40.9 Å². The van der Waals surface area contributed by atoms with Gasteiger partial charge >= 0.3 is 6.09 Å². The summed E-state index contributed by atoms with van der Waals surface area (Å²) in [5.41, 5.74) is 3.53. The van der Waals surface area contributed by atoms with E-state index >= 15 is 0 Å². The number of amides is 2. The lowest BCUT2D eigenvalue weighted by molar-refractivity contribution is -0.128. The fraction of sp³-hybridized carbons (Fsp3) is 0.577. The Hall–Kier alpha value is -2.39. The number of carbonyl (C=O) groups excluding carboxylic acids is 2. The molecule has 2 aliphatic heterocycles. The van der Waals surface area contributed by atoms with Crippen molar-refractivity contribution in [1.29, 1.82) is 0 Å². The van der Waals surface area contributed by atoms with E-state index in [0.717, 1.165) is 72.3 Å². The number of hydrogen-bond acceptors (Lipinski definition) is 5. The average Bonchev–Trinajstić information content (AvgIpc) is 3.25. The molecule has 1 fully saturated rings. The van der Waals surface area contributed by atoms with Crippen molar-refractivity contribution in [2.75, 3.05) is 24.6 Å². The van der Waals surface area contributed by atoms with Crippen LogP contribution < -0.4 is 4.90 Å². The molecule has 9 heteroatoms. The molecule has 0 radical (unpaired) electrons. The van der Waals surface area contributed by atoms with E-state index in [4.69, 9.17) is 9.72 Å². The summed E-state index contributed by atoms with van der Waals surface area (Å²) >= 11 is 3.57. The van der Waals surface area contributed by atoms with Crippen molar-refractivity contribution in [2.45, 2.75) is 77.0 Å². The van der Waals surface area contributed by atoms with Gasteiger partial charge in [0.15, 0.2) is 0 Å². The Kier molecular flexibility index (Phi) is 6.65. The minimum atomic E-state index is -0.747. The highest BCUT2D eigenvalue weighted by Gasteiger charge is 2.59. The van der Waals surface area contributed by atoms with Crippen molar-refractivity contribution in [3.63, 3.8) is 0 Å². The zero-order valence-electron chi connectivity index (χ0n) is 20.4. The number of aliphatic hydroxyl groups excluding tert-OH is 1. The smallest absolute Gasteiger partial charge is 0.410 e. The fourth-order valence-corrected chi connectivity index (χ4v) is 6.01. The number of benzene rings is 1. The summed E-state index contributed by atoms with van der Waals surface area (Å²) in [6.07, 6.45) is 5.33. The van der Waals surface area contributed by atoms with Crippen molar-refractivity contribution in [3.8, 4) is 0 Å². The number of halogens is 1. The summed E-state index contributed by atoms with van der Waals surface area (Å²) < 4.78 is 8.55. The number of rotatable bonds is 7. The summed E-state index contributed by atoms with van der Waals surface area (Å²) in [7, 11) is 0. The fourth-order valence-electron chi connectivity index (χ4n) is 5.65. The summed E-state index contributed by atoms with van der Waals surface area (Å²) in [5.74, 6) is 0.923. The molecule has 188 valence electrons. The monoisotopic (exact) mass is 544 g/mol. The topological polar surface area (TPSA) is 87.9 Å². The highest BCUT2D eigenvalue weighted by Crippen LogP contribution is 2.49. The summed E-state index contributed by atoms with van der Waals surface area (Å²) in [5, 5.41) is 9.28. The number of ether oxygens (including phenoxy) is 1. The van der Waals surface area contributed by atoms with Crippen molar-refractivity contribution >= 4 is 33.6 Å². The van der Waals surface area contributed by atoms with Crippen LogP contribution in [0.5, 0.6) is 0 Å². The first-order valence-electron chi connectivity index (χ1n) is 12.6. The zero-order valence-corrected chi connectivity index (χ0v) is 22.0. The number of imidazole rings is 1. The SMILES string of the molecule is CC(C)OC(=O)N1CC2(C1)C(=O)N(Cc1nc3c(n1CCCCO)CCCC3)c1ccc(Br)cc12. The maximum Gasteiger partial charge on any atom is 0.410 e. The molecule has 5 rings (SSSR count). The van der Waals surface area contributed by atoms with Gasteiger partial charge < -0.3 is 24.2 Å². The zero-order chi connectivity index (χ0) is 24.7. The van der Waals surface area contributed by atoms with Crippen LogP contribution in [0.15, 0.2) is 22.7 Å². The first-order valence-corrected chi connectivity index (χ1v) is 13.4. The average molecular weight is 545 g/mol. The van der Waals surface area contributed by atoms with E-state index < -0.39 is 5.41 Å². The number of fused-ring (bicyclic) bond motifs is 3. The van der Waals surface area contributed by atoms with Crippen molar-refractivity contribution in [1.82, 2.24) is 14.5 Å². The van der Waals surface area contributed by atoms with Gasteiger partial charge in [-0.1, -0.05) is 15.9 Å². The van der Waals surface area contributed by atoms with E-state index in [-0.39, 0.29) is 24.7 Å². The molecule has 1 aromatic carbocycles. The maximum atomic E-state index is 13.9.